The molecular formula is C13H21N5O4. The summed E-state index contributed by atoms with van der Waals surface area (Å²) in [6.45, 7) is 7.10. The summed E-state index contributed by atoms with van der Waals surface area (Å²) < 4.78 is 6.53. The van der Waals surface area contributed by atoms with Crippen molar-refractivity contribution in [3.63, 3.8) is 0 Å². The van der Waals surface area contributed by atoms with Crippen molar-refractivity contribution in [1.82, 2.24) is 20.0 Å². The summed E-state index contributed by atoms with van der Waals surface area (Å²) in [5.74, 6) is -0.476. The molecule has 1 amide bonds. The number of nitrogens with zero attached hydrogens (tertiary/aromatic N) is 4. The smallest absolute Gasteiger partial charge is 0.322 e. The molecule has 122 valence electrons. The standard InChI is InChI=1S/C13H21N5O4/c1-9(8-17-4-6-22-7-5-17)14-13(19)12-11(18(20)21)10(2)15-16(12)3/h9H,4-8H2,1-3H3,(H,14,19)/t9-/m0/s1. The van der Waals surface area contributed by atoms with E-state index < -0.39 is 10.8 Å². The first-order valence-corrected chi connectivity index (χ1v) is 7.19. The van der Waals surface area contributed by atoms with E-state index in [1.807, 2.05) is 6.92 Å². The van der Waals surface area contributed by atoms with Crippen molar-refractivity contribution in [2.24, 2.45) is 7.05 Å². The fourth-order valence-electron chi connectivity index (χ4n) is 2.63. The number of aromatic nitrogens is 2. The molecule has 1 fully saturated rings. The Hall–Kier alpha value is -2.00. The predicted octanol–water partition coefficient (Wildman–Crippen LogP) is 0.0872. The van der Waals surface area contributed by atoms with Gasteiger partial charge >= 0.3 is 5.69 Å². The summed E-state index contributed by atoms with van der Waals surface area (Å²) in [5.41, 5.74) is -0.0200. The number of nitro groups is 1. The van der Waals surface area contributed by atoms with Crippen LogP contribution in [0.3, 0.4) is 0 Å². The van der Waals surface area contributed by atoms with Gasteiger partial charge in [0.25, 0.3) is 5.91 Å². The Labute approximate surface area is 128 Å². The molecule has 9 heteroatoms. The maximum Gasteiger partial charge on any atom is 0.322 e. The minimum absolute atomic E-state index is 0.0173. The van der Waals surface area contributed by atoms with Gasteiger partial charge in [-0.3, -0.25) is 24.5 Å². The SMILES string of the molecule is Cc1nn(C)c(C(=O)N[C@@H](C)CN2CCOCC2)c1[N+](=O)[O-]. The molecule has 0 aliphatic carbocycles. The molecule has 1 aliphatic rings. The van der Waals surface area contributed by atoms with E-state index in [-0.39, 0.29) is 23.1 Å². The van der Waals surface area contributed by atoms with Crippen molar-refractivity contribution >= 4 is 11.6 Å². The second kappa shape index (κ2) is 6.84. The lowest BCUT2D eigenvalue weighted by atomic mass is 10.2. The first kappa shape index (κ1) is 16.4. The molecule has 1 atom stereocenters. The quantitative estimate of drug-likeness (QED) is 0.610. The lowest BCUT2D eigenvalue weighted by Crippen LogP contribution is -2.46. The van der Waals surface area contributed by atoms with Gasteiger partial charge in [-0.1, -0.05) is 0 Å². The highest BCUT2D eigenvalue weighted by atomic mass is 16.6. The van der Waals surface area contributed by atoms with E-state index in [0.29, 0.717) is 19.8 Å². The van der Waals surface area contributed by atoms with Crippen LogP contribution in [-0.4, -0.2) is 64.4 Å². The predicted molar refractivity (Wildman–Crippen MR) is 78.8 cm³/mol. The zero-order valence-corrected chi connectivity index (χ0v) is 13.0. The highest BCUT2D eigenvalue weighted by molar-refractivity contribution is 5.97. The molecule has 1 aromatic rings. The van der Waals surface area contributed by atoms with Crippen molar-refractivity contribution in [2.75, 3.05) is 32.8 Å². The lowest BCUT2D eigenvalue weighted by Gasteiger charge is -2.29. The van der Waals surface area contributed by atoms with Gasteiger partial charge in [-0.15, -0.1) is 0 Å². The third-order valence-electron chi connectivity index (χ3n) is 3.60. The Kier molecular flexibility index (Phi) is 5.09. The molecule has 0 spiro atoms. The molecule has 22 heavy (non-hydrogen) atoms. The number of carbonyl (C=O) groups excluding carboxylic acids is 1. The van der Waals surface area contributed by atoms with Gasteiger partial charge in [-0.25, -0.2) is 0 Å². The van der Waals surface area contributed by atoms with Crippen LogP contribution in [-0.2, 0) is 11.8 Å². The first-order chi connectivity index (χ1) is 10.4. The molecule has 9 nitrogen and oxygen atoms in total. The van der Waals surface area contributed by atoms with Crippen molar-refractivity contribution in [1.29, 1.82) is 0 Å². The number of nitrogens with one attached hydrogen (secondary N) is 1. The topological polar surface area (TPSA) is 103 Å². The van der Waals surface area contributed by atoms with Crippen LogP contribution in [0.2, 0.25) is 0 Å². The van der Waals surface area contributed by atoms with E-state index in [0.717, 1.165) is 13.1 Å². The van der Waals surface area contributed by atoms with Crippen LogP contribution < -0.4 is 5.32 Å². The third-order valence-corrected chi connectivity index (χ3v) is 3.60. The maximum absolute atomic E-state index is 12.3. The Morgan fingerprint density at radius 3 is 2.73 bits per heavy atom. The van der Waals surface area contributed by atoms with Gasteiger partial charge in [0.2, 0.25) is 5.69 Å². The number of hydrogen-bond donors (Lipinski definition) is 1. The molecule has 0 radical (unpaired) electrons. The summed E-state index contributed by atoms with van der Waals surface area (Å²) in [4.78, 5) is 25.1. The van der Waals surface area contributed by atoms with Gasteiger partial charge in [0.1, 0.15) is 5.69 Å². The molecule has 1 N–H and O–H groups in total. The van der Waals surface area contributed by atoms with Gasteiger partial charge in [0, 0.05) is 32.7 Å². The van der Waals surface area contributed by atoms with Crippen molar-refractivity contribution < 1.29 is 14.5 Å². The number of hydrogen-bond acceptors (Lipinski definition) is 6. The minimum atomic E-state index is -0.566. The van der Waals surface area contributed by atoms with Crippen molar-refractivity contribution in [3.05, 3.63) is 21.5 Å². The third kappa shape index (κ3) is 3.60. The molecule has 1 aromatic heterocycles. The number of ether oxygens (including phenoxy) is 1. The van der Waals surface area contributed by atoms with E-state index in [1.54, 1.807) is 0 Å². The normalized spacial score (nSPS) is 17.2. The first-order valence-electron chi connectivity index (χ1n) is 7.19. The van der Waals surface area contributed by atoms with Gasteiger partial charge in [-0.2, -0.15) is 5.10 Å². The van der Waals surface area contributed by atoms with Crippen LogP contribution in [0.25, 0.3) is 0 Å². The fraction of sp³-hybridized carbons (Fsp3) is 0.692. The van der Waals surface area contributed by atoms with E-state index in [4.69, 9.17) is 4.74 Å². The molecule has 0 unspecified atom stereocenters. The second-order valence-corrected chi connectivity index (χ2v) is 5.45. The summed E-state index contributed by atoms with van der Waals surface area (Å²) in [7, 11) is 1.53. The highest BCUT2D eigenvalue weighted by Gasteiger charge is 2.30. The molecule has 0 saturated carbocycles. The van der Waals surface area contributed by atoms with E-state index in [9.17, 15) is 14.9 Å². The number of rotatable bonds is 5. The van der Waals surface area contributed by atoms with Crippen LogP contribution in [0.4, 0.5) is 5.69 Å². The number of carbonyl (C=O) groups is 1. The average Bonchev–Trinajstić information content (AvgIpc) is 2.74. The number of amides is 1. The largest absolute Gasteiger partial charge is 0.379 e. The minimum Gasteiger partial charge on any atom is -0.379 e. The van der Waals surface area contributed by atoms with Crippen LogP contribution >= 0.6 is 0 Å². The molecule has 2 rings (SSSR count). The summed E-state index contributed by atoms with van der Waals surface area (Å²) in [6.07, 6.45) is 0. The average molecular weight is 311 g/mol. The summed E-state index contributed by atoms with van der Waals surface area (Å²) >= 11 is 0. The molecular weight excluding hydrogens is 290 g/mol. The van der Waals surface area contributed by atoms with Crippen LogP contribution in [0.1, 0.15) is 23.1 Å². The van der Waals surface area contributed by atoms with Crippen molar-refractivity contribution in [3.8, 4) is 0 Å². The monoisotopic (exact) mass is 311 g/mol. The van der Waals surface area contributed by atoms with E-state index in [2.05, 4.69) is 15.3 Å². The zero-order valence-electron chi connectivity index (χ0n) is 13.0. The Balaban J connectivity index is 2.04. The van der Waals surface area contributed by atoms with E-state index in [1.165, 1.54) is 18.7 Å². The highest BCUT2D eigenvalue weighted by Crippen LogP contribution is 2.22. The lowest BCUT2D eigenvalue weighted by molar-refractivity contribution is -0.385. The van der Waals surface area contributed by atoms with Gasteiger partial charge in [0.15, 0.2) is 0 Å². The fourth-order valence-corrected chi connectivity index (χ4v) is 2.63. The summed E-state index contributed by atoms with van der Waals surface area (Å²) in [6, 6.07) is -0.125. The Bertz CT molecular complexity index is 565. The number of morpholine rings is 1. The molecule has 1 aliphatic heterocycles. The Morgan fingerprint density at radius 2 is 2.14 bits per heavy atom. The van der Waals surface area contributed by atoms with Crippen molar-refractivity contribution in [2.45, 2.75) is 19.9 Å². The van der Waals surface area contributed by atoms with Crippen LogP contribution in [0.15, 0.2) is 0 Å². The second-order valence-electron chi connectivity index (χ2n) is 5.45. The van der Waals surface area contributed by atoms with Crippen LogP contribution in [0.5, 0.6) is 0 Å². The zero-order chi connectivity index (χ0) is 16.3. The van der Waals surface area contributed by atoms with E-state index >= 15 is 0 Å². The van der Waals surface area contributed by atoms with Gasteiger partial charge in [0.05, 0.1) is 18.1 Å². The Morgan fingerprint density at radius 1 is 1.50 bits per heavy atom. The molecule has 1 saturated heterocycles. The summed E-state index contributed by atoms with van der Waals surface area (Å²) in [5, 5.41) is 17.9. The van der Waals surface area contributed by atoms with Gasteiger partial charge < -0.3 is 10.1 Å². The molecule has 0 aromatic carbocycles. The molecule has 2 heterocycles. The maximum atomic E-state index is 12.3. The number of aryl methyl sites for hydroxylation is 2. The molecule has 0 bridgehead atoms. The van der Waals surface area contributed by atoms with Crippen LogP contribution in [0, 0.1) is 17.0 Å². The van der Waals surface area contributed by atoms with Gasteiger partial charge in [-0.05, 0) is 13.8 Å².